The highest BCUT2D eigenvalue weighted by atomic mass is 19.1. The van der Waals surface area contributed by atoms with Crippen molar-refractivity contribution in [2.24, 2.45) is 0 Å². The number of nitrogens with zero attached hydrogens (tertiary/aromatic N) is 3. The van der Waals surface area contributed by atoms with Crippen molar-refractivity contribution >= 4 is 39.2 Å². The lowest BCUT2D eigenvalue weighted by Crippen LogP contribution is -2.38. The molecule has 7 rings (SSSR count). The third-order valence-corrected chi connectivity index (χ3v) is 9.20. The fraction of sp³-hybridized carbons (Fsp3) is 0.382. The summed E-state index contributed by atoms with van der Waals surface area (Å²) in [5, 5.41) is 7.45. The second-order valence-corrected chi connectivity index (χ2v) is 12.0. The van der Waals surface area contributed by atoms with Crippen LogP contribution in [0.15, 0.2) is 53.5 Å². The second kappa shape index (κ2) is 12.2. The van der Waals surface area contributed by atoms with Crippen LogP contribution in [0.1, 0.15) is 36.0 Å². The van der Waals surface area contributed by atoms with Crippen molar-refractivity contribution in [3.05, 3.63) is 70.3 Å². The lowest BCUT2D eigenvalue weighted by Gasteiger charge is -2.27. The summed E-state index contributed by atoms with van der Waals surface area (Å²) in [6, 6.07) is 13.0. The van der Waals surface area contributed by atoms with Crippen molar-refractivity contribution in [1.82, 2.24) is 19.7 Å². The zero-order valence-electron chi connectivity index (χ0n) is 25.2. The number of amides is 2. The summed E-state index contributed by atoms with van der Waals surface area (Å²) in [4.78, 5) is 44.6. The number of likely N-dealkylation sites (tertiary alicyclic amines) is 1. The number of hydrogen-bond donors (Lipinski definition) is 2. The molecule has 1 unspecified atom stereocenters. The number of pyridine rings is 1. The molecular weight excluding hydrogens is 577 g/mol. The summed E-state index contributed by atoms with van der Waals surface area (Å²) in [6.45, 7) is 4.66. The first-order chi connectivity index (χ1) is 21.9. The van der Waals surface area contributed by atoms with Crippen molar-refractivity contribution < 1.29 is 23.5 Å². The number of nitrogens with one attached hydrogen (secondary N) is 2. The van der Waals surface area contributed by atoms with Crippen LogP contribution in [0, 0.1) is 5.82 Å². The maximum atomic E-state index is 15.9. The van der Waals surface area contributed by atoms with E-state index in [0.717, 1.165) is 55.7 Å². The monoisotopic (exact) mass is 613 g/mol. The molecule has 3 aliphatic heterocycles. The van der Waals surface area contributed by atoms with Crippen molar-refractivity contribution in [2.75, 3.05) is 58.3 Å². The Balaban J connectivity index is 1.27. The molecular formula is C34H36FN5O5. The number of fused-ring (bicyclic) bond motifs is 3. The molecule has 1 aromatic heterocycles. The first-order valence-corrected chi connectivity index (χ1v) is 15.6. The number of morpholine rings is 1. The van der Waals surface area contributed by atoms with E-state index < -0.39 is 17.2 Å². The molecule has 0 spiro atoms. The third-order valence-electron chi connectivity index (χ3n) is 9.20. The van der Waals surface area contributed by atoms with E-state index in [9.17, 15) is 14.4 Å². The van der Waals surface area contributed by atoms with Crippen LogP contribution in [-0.2, 0) is 9.53 Å². The summed E-state index contributed by atoms with van der Waals surface area (Å²) in [6.07, 6.45) is 4.64. The Hall–Kier alpha value is -4.32. The zero-order valence-corrected chi connectivity index (χ0v) is 25.2. The lowest BCUT2D eigenvalue weighted by atomic mass is 10.0. The molecule has 0 bridgehead atoms. The highest BCUT2D eigenvalue weighted by molar-refractivity contribution is 6.04. The van der Waals surface area contributed by atoms with Crippen LogP contribution in [0.25, 0.3) is 27.4 Å². The van der Waals surface area contributed by atoms with Crippen LogP contribution in [0.2, 0.25) is 0 Å². The summed E-state index contributed by atoms with van der Waals surface area (Å²) in [7, 11) is 2.08. The number of benzene rings is 3. The van der Waals surface area contributed by atoms with Gasteiger partial charge in [-0.25, -0.2) is 4.39 Å². The Morgan fingerprint density at radius 1 is 1.07 bits per heavy atom. The molecule has 3 aliphatic rings. The van der Waals surface area contributed by atoms with Gasteiger partial charge >= 0.3 is 0 Å². The lowest BCUT2D eigenvalue weighted by molar-refractivity contribution is -0.116. The Kier molecular flexibility index (Phi) is 7.99. The van der Waals surface area contributed by atoms with Crippen LogP contribution in [0.3, 0.4) is 0 Å². The van der Waals surface area contributed by atoms with Crippen LogP contribution < -0.4 is 20.8 Å². The Labute approximate surface area is 259 Å². The van der Waals surface area contributed by atoms with Crippen LogP contribution in [-0.4, -0.2) is 85.2 Å². The minimum absolute atomic E-state index is 0.00389. The molecule has 2 amide bonds. The Morgan fingerprint density at radius 2 is 1.84 bits per heavy atom. The van der Waals surface area contributed by atoms with E-state index in [4.69, 9.17) is 9.47 Å². The van der Waals surface area contributed by atoms with Gasteiger partial charge in [0.1, 0.15) is 16.8 Å². The van der Waals surface area contributed by atoms with E-state index in [1.54, 1.807) is 4.57 Å². The number of carbonyl (C=O) groups is 2. The molecule has 1 atom stereocenters. The van der Waals surface area contributed by atoms with E-state index in [2.05, 4.69) is 27.5 Å². The number of halogens is 1. The molecule has 11 heteroatoms. The van der Waals surface area contributed by atoms with Gasteiger partial charge in [-0.1, -0.05) is 24.3 Å². The molecule has 2 N–H and O–H groups in total. The zero-order chi connectivity index (χ0) is 31.1. The minimum Gasteiger partial charge on any atom is -0.451 e. The van der Waals surface area contributed by atoms with Gasteiger partial charge in [0.15, 0.2) is 17.3 Å². The molecule has 2 saturated heterocycles. The predicted octanol–water partition coefficient (Wildman–Crippen LogP) is 4.26. The highest BCUT2D eigenvalue weighted by Gasteiger charge is 2.30. The second-order valence-electron chi connectivity index (χ2n) is 12.0. The summed E-state index contributed by atoms with van der Waals surface area (Å²) in [5.74, 6) is -1.26. The fourth-order valence-corrected chi connectivity index (χ4v) is 6.66. The average Bonchev–Trinajstić information content (AvgIpc) is 3.46. The number of ether oxygens (including phenoxy) is 2. The Bertz CT molecular complexity index is 1870. The van der Waals surface area contributed by atoms with Gasteiger partial charge in [0.2, 0.25) is 11.3 Å². The molecule has 4 aromatic rings. The van der Waals surface area contributed by atoms with Crippen molar-refractivity contribution in [3.63, 3.8) is 0 Å². The van der Waals surface area contributed by atoms with Gasteiger partial charge in [-0.05, 0) is 61.8 Å². The van der Waals surface area contributed by atoms with Crippen molar-refractivity contribution in [1.29, 1.82) is 0 Å². The summed E-state index contributed by atoms with van der Waals surface area (Å²) in [5.41, 5.74) is 0.0611. The molecule has 0 radical (unpaired) electrons. The van der Waals surface area contributed by atoms with Crippen LogP contribution in [0.5, 0.6) is 11.5 Å². The van der Waals surface area contributed by atoms with Crippen LogP contribution >= 0.6 is 0 Å². The number of anilines is 1. The topological polar surface area (TPSA) is 105 Å². The molecule has 10 nitrogen and oxygen atoms in total. The van der Waals surface area contributed by atoms with Gasteiger partial charge in [0.25, 0.3) is 5.91 Å². The number of carbonyl (C=O) groups excluding carboxylic acids is 2. The molecule has 0 aliphatic carbocycles. The van der Waals surface area contributed by atoms with Gasteiger partial charge < -0.3 is 29.6 Å². The molecule has 4 heterocycles. The van der Waals surface area contributed by atoms with Crippen LogP contribution in [0.4, 0.5) is 10.1 Å². The normalized spacial score (nSPS) is 18.1. The first kappa shape index (κ1) is 29.4. The fourth-order valence-electron chi connectivity index (χ4n) is 6.66. The van der Waals surface area contributed by atoms with E-state index in [0.29, 0.717) is 43.8 Å². The minimum atomic E-state index is -0.813. The maximum absolute atomic E-state index is 15.9. The number of hydrogen-bond acceptors (Lipinski definition) is 7. The van der Waals surface area contributed by atoms with Crippen molar-refractivity contribution in [2.45, 2.75) is 31.7 Å². The van der Waals surface area contributed by atoms with E-state index >= 15 is 4.39 Å². The molecule has 2 fully saturated rings. The molecule has 45 heavy (non-hydrogen) atoms. The number of aromatic nitrogens is 1. The SMILES string of the molecule is CN1CCCC1CCNC(=O)c1cn2c3c(c(NC(=O)CCN4CCOCC4)c(F)cc3c1=O)Oc1cc3ccccc3cc1-2. The smallest absolute Gasteiger partial charge is 0.256 e. The van der Waals surface area contributed by atoms with Gasteiger partial charge in [-0.3, -0.25) is 19.3 Å². The summed E-state index contributed by atoms with van der Waals surface area (Å²) < 4.78 is 29.2. The van der Waals surface area contributed by atoms with E-state index in [-0.39, 0.29) is 40.2 Å². The maximum Gasteiger partial charge on any atom is 0.256 e. The van der Waals surface area contributed by atoms with Gasteiger partial charge in [0.05, 0.1) is 24.3 Å². The average molecular weight is 614 g/mol. The quantitative estimate of drug-likeness (QED) is 0.270. The standard InChI is InChI=1S/C34H36FN5O5/c1-38-11-4-7-23(38)8-10-36-34(43)25-20-40-27-17-21-5-2-3-6-22(21)18-28(27)45-33-30(26(35)19-24(31(33)40)32(25)42)37-29(41)9-12-39-13-15-44-16-14-39/h2-3,5-6,17-20,23H,4,7-16H2,1H3,(H,36,43)(H,37,41). The van der Waals surface area contributed by atoms with Crippen molar-refractivity contribution in [3.8, 4) is 17.2 Å². The van der Waals surface area contributed by atoms with Gasteiger partial charge in [0, 0.05) is 44.8 Å². The molecule has 234 valence electrons. The van der Waals surface area contributed by atoms with E-state index in [1.165, 1.54) is 6.20 Å². The highest BCUT2D eigenvalue weighted by Crippen LogP contribution is 2.46. The Morgan fingerprint density at radius 3 is 2.60 bits per heavy atom. The molecule has 3 aromatic carbocycles. The third kappa shape index (κ3) is 5.67. The van der Waals surface area contributed by atoms with Gasteiger partial charge in [-0.2, -0.15) is 0 Å². The van der Waals surface area contributed by atoms with E-state index in [1.807, 2.05) is 36.4 Å². The number of rotatable bonds is 8. The van der Waals surface area contributed by atoms with Gasteiger partial charge in [-0.15, -0.1) is 0 Å². The first-order valence-electron chi connectivity index (χ1n) is 15.6. The molecule has 0 saturated carbocycles. The largest absolute Gasteiger partial charge is 0.451 e. The predicted molar refractivity (Wildman–Crippen MR) is 170 cm³/mol. The summed E-state index contributed by atoms with van der Waals surface area (Å²) >= 11 is 0.